The predicted molar refractivity (Wildman–Crippen MR) is 117 cm³/mol. The van der Waals surface area contributed by atoms with E-state index in [1.165, 1.54) is 0 Å². The predicted octanol–water partition coefficient (Wildman–Crippen LogP) is 1.46. The Kier molecular flexibility index (Phi) is 8.68. The van der Waals surface area contributed by atoms with E-state index in [2.05, 4.69) is 15.7 Å². The van der Waals surface area contributed by atoms with Gasteiger partial charge in [0, 0.05) is 43.5 Å². The van der Waals surface area contributed by atoms with Crippen molar-refractivity contribution in [2.45, 2.75) is 31.3 Å². The molecule has 3 rings (SSSR count). The van der Waals surface area contributed by atoms with Crippen molar-refractivity contribution in [1.29, 1.82) is 0 Å². The summed E-state index contributed by atoms with van der Waals surface area (Å²) in [6, 6.07) is 7.21. The Balaban J connectivity index is 0.00000320. The number of carbonyl (C=O) groups excluding carboxylic acids is 2. The van der Waals surface area contributed by atoms with Crippen molar-refractivity contribution >= 4 is 24.2 Å². The Morgan fingerprint density at radius 3 is 2.57 bits per heavy atom. The number of ether oxygens (including phenoxy) is 1. The molecule has 2 N–H and O–H groups in total. The van der Waals surface area contributed by atoms with Crippen LogP contribution in [-0.4, -0.2) is 59.8 Å². The van der Waals surface area contributed by atoms with Crippen LogP contribution in [0.15, 0.2) is 36.7 Å². The number of aryl methyl sites for hydroxylation is 1. The van der Waals surface area contributed by atoms with Gasteiger partial charge in [-0.3, -0.25) is 14.3 Å². The number of hydrogen-bond acceptors (Lipinski definition) is 5. The molecule has 30 heavy (non-hydrogen) atoms. The largest absolute Gasteiger partial charge is 0.496 e. The van der Waals surface area contributed by atoms with E-state index in [0.717, 1.165) is 29.7 Å². The highest BCUT2D eigenvalue weighted by molar-refractivity contribution is 5.85. The van der Waals surface area contributed by atoms with Crippen molar-refractivity contribution in [2.75, 3.05) is 27.2 Å². The molecule has 0 saturated carbocycles. The van der Waals surface area contributed by atoms with Gasteiger partial charge in [0.05, 0.1) is 19.7 Å². The van der Waals surface area contributed by atoms with Crippen molar-refractivity contribution in [3.05, 3.63) is 47.8 Å². The summed E-state index contributed by atoms with van der Waals surface area (Å²) in [4.78, 5) is 27.2. The number of carbonyl (C=O) groups is 2. The topological polar surface area (TPSA) is 88.5 Å². The molecule has 9 heteroatoms. The highest BCUT2D eigenvalue weighted by Gasteiger charge is 2.27. The molecule has 164 valence electrons. The molecule has 8 nitrogen and oxygen atoms in total. The molecule has 1 saturated heterocycles. The van der Waals surface area contributed by atoms with E-state index < -0.39 is 6.04 Å². The maximum Gasteiger partial charge on any atom is 0.242 e. The number of likely N-dealkylation sites (N-methyl/N-ethyl adjacent to an activating group) is 1. The number of para-hydroxylation sites is 1. The summed E-state index contributed by atoms with van der Waals surface area (Å²) < 4.78 is 7.01. The fraction of sp³-hybridized carbons (Fsp3) is 0.476. The number of hydrogen-bond donors (Lipinski definition) is 2. The van der Waals surface area contributed by atoms with Crippen LogP contribution >= 0.6 is 12.4 Å². The summed E-state index contributed by atoms with van der Waals surface area (Å²) in [5.41, 5.74) is 1.72. The lowest BCUT2D eigenvalue weighted by Gasteiger charge is -2.33. The Morgan fingerprint density at radius 2 is 1.97 bits per heavy atom. The molecular formula is C21H30ClN5O3. The van der Waals surface area contributed by atoms with Crippen LogP contribution < -0.4 is 15.4 Å². The van der Waals surface area contributed by atoms with E-state index in [0.29, 0.717) is 19.5 Å². The highest BCUT2D eigenvalue weighted by atomic mass is 35.5. The fourth-order valence-corrected chi connectivity index (χ4v) is 3.72. The SMILES string of the molecule is CNC(C(=O)NC1CCN(C(=O)Cc2ccccc2OC)CC1)c1cnn(C)c1.Cl. The number of halogens is 1. The van der Waals surface area contributed by atoms with Gasteiger partial charge in [-0.1, -0.05) is 18.2 Å². The van der Waals surface area contributed by atoms with Crippen molar-refractivity contribution in [2.24, 2.45) is 7.05 Å². The van der Waals surface area contributed by atoms with Gasteiger partial charge in [0.1, 0.15) is 11.8 Å². The Bertz CT molecular complexity index is 849. The molecule has 0 bridgehead atoms. The van der Waals surface area contributed by atoms with Gasteiger partial charge < -0.3 is 20.3 Å². The Hall–Kier alpha value is -2.58. The molecule has 0 radical (unpaired) electrons. The Labute approximate surface area is 183 Å². The van der Waals surface area contributed by atoms with E-state index >= 15 is 0 Å². The van der Waals surface area contributed by atoms with Gasteiger partial charge in [-0.05, 0) is 26.0 Å². The normalized spacial score (nSPS) is 15.2. The molecule has 0 aliphatic carbocycles. The van der Waals surface area contributed by atoms with Crippen LogP contribution in [0.4, 0.5) is 0 Å². The zero-order valence-corrected chi connectivity index (χ0v) is 18.4. The summed E-state index contributed by atoms with van der Waals surface area (Å²) in [5.74, 6) is 0.749. The summed E-state index contributed by atoms with van der Waals surface area (Å²) in [7, 11) is 5.20. The second-order valence-corrected chi connectivity index (χ2v) is 7.32. The lowest BCUT2D eigenvalue weighted by Crippen LogP contribution is -2.49. The summed E-state index contributed by atoms with van der Waals surface area (Å²) in [6.45, 7) is 1.27. The lowest BCUT2D eigenvalue weighted by molar-refractivity contribution is -0.131. The zero-order chi connectivity index (χ0) is 20.8. The van der Waals surface area contributed by atoms with Gasteiger partial charge in [0.15, 0.2) is 0 Å². The van der Waals surface area contributed by atoms with E-state index in [-0.39, 0.29) is 30.3 Å². The first kappa shape index (κ1) is 23.7. The second kappa shape index (κ2) is 11.0. The van der Waals surface area contributed by atoms with Gasteiger partial charge in [-0.15, -0.1) is 12.4 Å². The summed E-state index contributed by atoms with van der Waals surface area (Å²) >= 11 is 0. The first-order valence-corrected chi connectivity index (χ1v) is 9.87. The number of nitrogens with zero attached hydrogens (tertiary/aromatic N) is 3. The van der Waals surface area contributed by atoms with Crippen LogP contribution in [0.1, 0.15) is 30.0 Å². The molecule has 1 atom stereocenters. The molecule has 2 aromatic rings. The smallest absolute Gasteiger partial charge is 0.242 e. The minimum absolute atomic E-state index is 0. The standard InChI is InChI=1S/C21H29N5O3.ClH/c1-22-20(16-13-23-25(2)14-16)21(28)24-17-8-10-26(11-9-17)19(27)12-15-6-4-5-7-18(15)29-3;/h4-7,13-14,17,20,22H,8-12H2,1-3H3,(H,24,28);1H. The number of nitrogens with one attached hydrogen (secondary N) is 2. The average molecular weight is 436 g/mol. The van der Waals surface area contributed by atoms with E-state index in [1.54, 1.807) is 25.0 Å². The molecule has 1 aliphatic rings. The minimum atomic E-state index is -0.436. The number of piperidine rings is 1. The molecule has 1 unspecified atom stereocenters. The van der Waals surface area contributed by atoms with E-state index in [4.69, 9.17) is 4.74 Å². The van der Waals surface area contributed by atoms with Crippen LogP contribution in [-0.2, 0) is 23.1 Å². The molecule has 2 heterocycles. The van der Waals surface area contributed by atoms with E-state index in [9.17, 15) is 9.59 Å². The summed E-state index contributed by atoms with van der Waals surface area (Å²) in [6.07, 6.45) is 5.34. The number of amides is 2. The second-order valence-electron chi connectivity index (χ2n) is 7.32. The van der Waals surface area contributed by atoms with E-state index in [1.807, 2.05) is 42.4 Å². The molecule has 1 fully saturated rings. The lowest BCUT2D eigenvalue weighted by atomic mass is 10.0. The third-order valence-corrected chi connectivity index (χ3v) is 5.34. The van der Waals surface area contributed by atoms with Crippen molar-refractivity contribution in [3.8, 4) is 5.75 Å². The van der Waals surface area contributed by atoms with Crippen LogP contribution in [0.25, 0.3) is 0 Å². The van der Waals surface area contributed by atoms with Crippen LogP contribution in [0.3, 0.4) is 0 Å². The van der Waals surface area contributed by atoms with Crippen LogP contribution in [0.5, 0.6) is 5.75 Å². The first-order chi connectivity index (χ1) is 14.0. The quantitative estimate of drug-likeness (QED) is 0.687. The van der Waals surface area contributed by atoms with Crippen LogP contribution in [0, 0.1) is 0 Å². The van der Waals surface area contributed by atoms with Gasteiger partial charge in [0.25, 0.3) is 0 Å². The number of rotatable bonds is 7. The molecule has 0 spiro atoms. The van der Waals surface area contributed by atoms with Gasteiger partial charge in [-0.2, -0.15) is 5.10 Å². The molecule has 2 amide bonds. The summed E-state index contributed by atoms with van der Waals surface area (Å²) in [5, 5.41) is 10.3. The number of methoxy groups -OCH3 is 1. The molecule has 1 aromatic heterocycles. The number of likely N-dealkylation sites (tertiary alicyclic amines) is 1. The van der Waals surface area contributed by atoms with Crippen molar-refractivity contribution in [3.63, 3.8) is 0 Å². The molecule has 1 aliphatic heterocycles. The zero-order valence-electron chi connectivity index (χ0n) is 17.6. The fourth-order valence-electron chi connectivity index (χ4n) is 3.72. The molecule has 1 aromatic carbocycles. The van der Waals surface area contributed by atoms with Gasteiger partial charge in [0.2, 0.25) is 11.8 Å². The minimum Gasteiger partial charge on any atom is -0.496 e. The third-order valence-electron chi connectivity index (χ3n) is 5.34. The highest BCUT2D eigenvalue weighted by Crippen LogP contribution is 2.20. The average Bonchev–Trinajstić information content (AvgIpc) is 3.15. The van der Waals surface area contributed by atoms with Crippen LogP contribution in [0.2, 0.25) is 0 Å². The third kappa shape index (κ3) is 5.73. The molecular weight excluding hydrogens is 406 g/mol. The maximum atomic E-state index is 12.7. The monoisotopic (exact) mass is 435 g/mol. The Morgan fingerprint density at radius 1 is 1.27 bits per heavy atom. The van der Waals surface area contributed by atoms with Gasteiger partial charge >= 0.3 is 0 Å². The first-order valence-electron chi connectivity index (χ1n) is 9.87. The number of aromatic nitrogens is 2. The van der Waals surface area contributed by atoms with Gasteiger partial charge in [-0.25, -0.2) is 0 Å². The number of benzene rings is 1. The maximum absolute atomic E-state index is 12.7. The van der Waals surface area contributed by atoms with Crippen molar-refractivity contribution < 1.29 is 14.3 Å². The van der Waals surface area contributed by atoms with Crippen molar-refractivity contribution in [1.82, 2.24) is 25.3 Å².